The number of hydrogen-bond acceptors (Lipinski definition) is 5. The average Bonchev–Trinajstić information content (AvgIpc) is 3.19. The van der Waals surface area contributed by atoms with Crippen LogP contribution >= 0.6 is 46.6 Å². The highest BCUT2D eigenvalue weighted by molar-refractivity contribution is 7.99. The molecule has 0 aliphatic heterocycles. The molecule has 0 spiro atoms. The second-order valence-corrected chi connectivity index (χ2v) is 10.1. The highest BCUT2D eigenvalue weighted by Crippen LogP contribution is 2.27. The fourth-order valence-corrected chi connectivity index (χ4v) is 4.60. The van der Waals surface area contributed by atoms with E-state index in [2.05, 4.69) is 27.4 Å². The lowest BCUT2D eigenvalue weighted by atomic mass is 10.0. The van der Waals surface area contributed by atoms with E-state index in [0.717, 1.165) is 0 Å². The van der Waals surface area contributed by atoms with Crippen molar-refractivity contribution < 1.29 is 9.59 Å². The van der Waals surface area contributed by atoms with Crippen LogP contribution in [-0.2, 0) is 11.3 Å². The smallest absolute Gasteiger partial charge is 0.253 e. The lowest BCUT2D eigenvalue weighted by Gasteiger charge is -2.23. The summed E-state index contributed by atoms with van der Waals surface area (Å²) in [6, 6.07) is 11.1. The van der Waals surface area contributed by atoms with Crippen LogP contribution in [0, 0.1) is 5.92 Å². The highest BCUT2D eigenvalue weighted by Gasteiger charge is 2.27. The third-order valence-corrected chi connectivity index (χ3v) is 6.69. The van der Waals surface area contributed by atoms with Gasteiger partial charge < -0.3 is 15.2 Å². The van der Waals surface area contributed by atoms with Gasteiger partial charge in [0.05, 0.1) is 22.4 Å². The first-order chi connectivity index (χ1) is 16.7. The van der Waals surface area contributed by atoms with Crippen molar-refractivity contribution in [1.29, 1.82) is 0 Å². The zero-order valence-electron chi connectivity index (χ0n) is 19.1. The second-order valence-electron chi connectivity index (χ2n) is 7.90. The number of hydrogen-bond donors (Lipinski definition) is 2. The van der Waals surface area contributed by atoms with Crippen molar-refractivity contribution in [2.45, 2.75) is 31.6 Å². The summed E-state index contributed by atoms with van der Waals surface area (Å²) in [5, 5.41) is 16.3. The van der Waals surface area contributed by atoms with Gasteiger partial charge in [0.15, 0.2) is 11.0 Å². The Labute approximate surface area is 223 Å². The number of carbonyl (C=O) groups is 2. The van der Waals surface area contributed by atoms with Gasteiger partial charge in [0.25, 0.3) is 5.91 Å². The van der Waals surface area contributed by atoms with Gasteiger partial charge in [-0.15, -0.1) is 16.8 Å². The minimum absolute atomic E-state index is 0.0103. The Morgan fingerprint density at radius 1 is 1.09 bits per heavy atom. The summed E-state index contributed by atoms with van der Waals surface area (Å²) in [5.41, 5.74) is 0.960. The minimum atomic E-state index is -0.459. The zero-order valence-corrected chi connectivity index (χ0v) is 22.2. The van der Waals surface area contributed by atoms with E-state index in [1.165, 1.54) is 17.8 Å². The molecule has 35 heavy (non-hydrogen) atoms. The number of halogens is 3. The number of anilines is 1. The number of amides is 2. The van der Waals surface area contributed by atoms with E-state index in [9.17, 15) is 9.59 Å². The largest absolute Gasteiger partial charge is 0.342 e. The molecule has 1 atom stereocenters. The maximum atomic E-state index is 13.0. The number of nitrogens with zero attached hydrogens (tertiary/aromatic N) is 3. The van der Waals surface area contributed by atoms with Gasteiger partial charge in [-0.05, 0) is 48.4 Å². The van der Waals surface area contributed by atoms with Gasteiger partial charge >= 0.3 is 0 Å². The van der Waals surface area contributed by atoms with Crippen LogP contribution < -0.4 is 10.6 Å². The Bertz CT molecular complexity index is 1210. The lowest BCUT2D eigenvalue weighted by Crippen LogP contribution is -2.34. The van der Waals surface area contributed by atoms with Gasteiger partial charge in [0.2, 0.25) is 5.91 Å². The molecule has 1 aromatic heterocycles. The van der Waals surface area contributed by atoms with E-state index in [1.54, 1.807) is 42.5 Å². The van der Waals surface area contributed by atoms with E-state index < -0.39 is 6.04 Å². The molecule has 0 radical (unpaired) electrons. The van der Waals surface area contributed by atoms with Gasteiger partial charge in [-0.25, -0.2) is 0 Å². The third kappa shape index (κ3) is 7.24. The first kappa shape index (κ1) is 27.1. The zero-order chi connectivity index (χ0) is 25.5. The van der Waals surface area contributed by atoms with Crippen LogP contribution in [0.3, 0.4) is 0 Å². The van der Waals surface area contributed by atoms with E-state index in [1.807, 2.05) is 18.4 Å². The van der Waals surface area contributed by atoms with Crippen molar-refractivity contribution in [3.8, 4) is 0 Å². The van der Waals surface area contributed by atoms with Crippen LogP contribution in [0.4, 0.5) is 5.69 Å². The van der Waals surface area contributed by atoms with E-state index >= 15 is 0 Å². The van der Waals surface area contributed by atoms with Crippen LogP contribution in [0.15, 0.2) is 60.3 Å². The van der Waals surface area contributed by atoms with Crippen LogP contribution in [0.5, 0.6) is 0 Å². The summed E-state index contributed by atoms with van der Waals surface area (Å²) < 4.78 is 1.83. The van der Waals surface area contributed by atoms with E-state index in [0.29, 0.717) is 38.8 Å². The molecule has 184 valence electrons. The molecule has 7 nitrogen and oxygen atoms in total. The molecule has 0 aliphatic rings. The minimum Gasteiger partial charge on any atom is -0.342 e. The fourth-order valence-electron chi connectivity index (χ4n) is 3.22. The first-order valence-electron chi connectivity index (χ1n) is 10.7. The Hall–Kier alpha value is -2.52. The van der Waals surface area contributed by atoms with Crippen molar-refractivity contribution in [3.05, 3.63) is 81.6 Å². The molecule has 11 heteroatoms. The normalized spacial score (nSPS) is 11.8. The number of nitrogens with one attached hydrogen (secondary N) is 2. The molecule has 2 N–H and O–H groups in total. The predicted molar refractivity (Wildman–Crippen MR) is 143 cm³/mol. The van der Waals surface area contributed by atoms with Crippen molar-refractivity contribution in [3.63, 3.8) is 0 Å². The maximum Gasteiger partial charge on any atom is 0.253 e. The summed E-state index contributed by atoms with van der Waals surface area (Å²) in [6.07, 6.45) is 1.71. The number of aromatic nitrogens is 3. The number of rotatable bonds is 10. The Balaban J connectivity index is 1.76. The van der Waals surface area contributed by atoms with Gasteiger partial charge in [-0.3, -0.25) is 9.59 Å². The summed E-state index contributed by atoms with van der Waals surface area (Å²) in [6.45, 7) is 8.15. The Morgan fingerprint density at radius 2 is 1.77 bits per heavy atom. The van der Waals surface area contributed by atoms with Crippen molar-refractivity contribution >= 4 is 64.1 Å². The quantitative estimate of drug-likeness (QED) is 0.228. The molecule has 0 saturated heterocycles. The molecule has 3 aromatic rings. The number of allylic oxidation sites excluding steroid dienone is 1. The maximum absolute atomic E-state index is 13.0. The van der Waals surface area contributed by atoms with Crippen molar-refractivity contribution in [1.82, 2.24) is 20.1 Å². The highest BCUT2D eigenvalue weighted by atomic mass is 35.5. The molecular weight excluding hydrogens is 529 g/mol. The first-order valence-corrected chi connectivity index (χ1v) is 12.8. The predicted octanol–water partition coefficient (Wildman–Crippen LogP) is 6.28. The molecule has 0 bridgehead atoms. The van der Waals surface area contributed by atoms with Crippen LogP contribution in [-0.4, -0.2) is 32.3 Å². The lowest BCUT2D eigenvalue weighted by molar-refractivity contribution is -0.113. The topological polar surface area (TPSA) is 88.9 Å². The summed E-state index contributed by atoms with van der Waals surface area (Å²) in [5.74, 6) is 0.118. The number of benzene rings is 2. The van der Waals surface area contributed by atoms with Crippen molar-refractivity contribution in [2.75, 3.05) is 11.1 Å². The van der Waals surface area contributed by atoms with Gasteiger partial charge in [0.1, 0.15) is 0 Å². The molecule has 1 heterocycles. The standard InChI is InChI=1S/C24H24Cl3N5O2S/c1-4-11-32-22(21(14(2)3)29-23(34)18-10-7-16(26)12-19(18)27)30-31-24(32)35-13-20(33)28-17-8-5-15(25)6-9-17/h4-10,12,14,21H,1,11,13H2,2-3H3,(H,28,33)(H,29,34)/t21-/m0/s1. The van der Waals surface area contributed by atoms with Gasteiger partial charge in [-0.1, -0.05) is 66.5 Å². The molecule has 3 rings (SSSR count). The average molecular weight is 553 g/mol. The SMILES string of the molecule is C=CCn1c(SCC(=O)Nc2ccc(Cl)cc2)nnc1[C@@H](NC(=O)c1ccc(Cl)cc1Cl)C(C)C. The molecule has 0 fully saturated rings. The molecule has 0 unspecified atom stereocenters. The van der Waals surface area contributed by atoms with E-state index in [-0.39, 0.29) is 28.5 Å². The molecule has 0 saturated carbocycles. The second kappa shape index (κ2) is 12.4. The summed E-state index contributed by atoms with van der Waals surface area (Å²) in [4.78, 5) is 25.4. The van der Waals surface area contributed by atoms with Gasteiger partial charge in [-0.2, -0.15) is 0 Å². The monoisotopic (exact) mass is 551 g/mol. The summed E-state index contributed by atoms with van der Waals surface area (Å²) >= 11 is 19.3. The molecule has 2 amide bonds. The molecular formula is C24H24Cl3N5O2S. The van der Waals surface area contributed by atoms with Gasteiger partial charge in [0, 0.05) is 22.3 Å². The fraction of sp³-hybridized carbons (Fsp3) is 0.250. The third-order valence-electron chi connectivity index (χ3n) is 4.92. The number of carbonyl (C=O) groups excluding carboxylic acids is 2. The number of thioether (sulfide) groups is 1. The molecule has 2 aromatic carbocycles. The molecule has 0 aliphatic carbocycles. The van der Waals surface area contributed by atoms with Crippen molar-refractivity contribution in [2.24, 2.45) is 5.92 Å². The Morgan fingerprint density at radius 3 is 2.40 bits per heavy atom. The summed E-state index contributed by atoms with van der Waals surface area (Å²) in [7, 11) is 0. The van der Waals surface area contributed by atoms with Crippen LogP contribution in [0.25, 0.3) is 0 Å². The van der Waals surface area contributed by atoms with E-state index in [4.69, 9.17) is 34.8 Å². The Kier molecular flexibility index (Phi) is 9.63. The van der Waals surface area contributed by atoms with Crippen LogP contribution in [0.2, 0.25) is 15.1 Å². The van der Waals surface area contributed by atoms with Crippen LogP contribution in [0.1, 0.15) is 36.1 Å².